The highest BCUT2D eigenvalue weighted by Gasteiger charge is 2.29. The van der Waals surface area contributed by atoms with Crippen molar-refractivity contribution in [3.63, 3.8) is 0 Å². The van der Waals surface area contributed by atoms with Crippen LogP contribution in [0.2, 0.25) is 0 Å². The Kier molecular flexibility index (Phi) is 4.65. The van der Waals surface area contributed by atoms with Gasteiger partial charge < -0.3 is 15.0 Å². The summed E-state index contributed by atoms with van der Waals surface area (Å²) in [6.07, 6.45) is 2.14. The molecule has 1 aliphatic heterocycles. The van der Waals surface area contributed by atoms with E-state index in [1.165, 1.54) is 6.07 Å². The number of anilines is 1. The molecular weight excluding hydrogens is 273 g/mol. The maximum Gasteiger partial charge on any atom is 0.410 e. The van der Waals surface area contributed by atoms with Crippen LogP contribution in [0.5, 0.6) is 0 Å². The normalized spacial score (nSPS) is 18.7. The lowest BCUT2D eigenvalue weighted by atomic mass is 10.1. The average molecular weight is 295 g/mol. The summed E-state index contributed by atoms with van der Waals surface area (Å²) in [5.74, 6) is 0.173. The minimum atomic E-state index is -0.482. The second-order valence-corrected chi connectivity index (χ2v) is 6.30. The van der Waals surface area contributed by atoms with E-state index in [-0.39, 0.29) is 23.6 Å². The van der Waals surface area contributed by atoms with Gasteiger partial charge in [-0.3, -0.25) is 0 Å². The molecule has 2 rings (SSSR count). The Morgan fingerprint density at radius 1 is 1.57 bits per heavy atom. The van der Waals surface area contributed by atoms with Crippen molar-refractivity contribution in [3.8, 4) is 0 Å². The number of likely N-dealkylation sites (tertiary alicyclic amines) is 1. The van der Waals surface area contributed by atoms with Gasteiger partial charge in [0, 0.05) is 25.8 Å². The molecule has 1 fully saturated rings. The van der Waals surface area contributed by atoms with Crippen molar-refractivity contribution in [2.75, 3.05) is 25.0 Å². The van der Waals surface area contributed by atoms with Crippen LogP contribution >= 0.6 is 0 Å². The van der Waals surface area contributed by atoms with Gasteiger partial charge in [0.2, 0.25) is 0 Å². The molecule has 6 heteroatoms. The zero-order valence-corrected chi connectivity index (χ0v) is 12.7. The van der Waals surface area contributed by atoms with Crippen LogP contribution in [0.4, 0.5) is 15.0 Å². The molecule has 0 spiro atoms. The van der Waals surface area contributed by atoms with E-state index in [9.17, 15) is 9.18 Å². The van der Waals surface area contributed by atoms with E-state index in [0.29, 0.717) is 19.6 Å². The van der Waals surface area contributed by atoms with Gasteiger partial charge in [-0.15, -0.1) is 0 Å². The smallest absolute Gasteiger partial charge is 0.410 e. The lowest BCUT2D eigenvalue weighted by Crippen LogP contribution is -2.35. The number of ether oxygens (including phenoxy) is 1. The fraction of sp³-hybridized carbons (Fsp3) is 0.600. The number of nitrogens with one attached hydrogen (secondary N) is 1. The van der Waals surface area contributed by atoms with E-state index in [2.05, 4.69) is 10.3 Å². The molecule has 1 atom stereocenters. The van der Waals surface area contributed by atoms with E-state index in [4.69, 9.17) is 4.74 Å². The minimum absolute atomic E-state index is 0.258. The Hall–Kier alpha value is -1.85. The largest absolute Gasteiger partial charge is 0.444 e. The first-order valence-corrected chi connectivity index (χ1v) is 7.17. The van der Waals surface area contributed by atoms with Crippen LogP contribution in [0, 0.1) is 11.7 Å². The summed E-state index contributed by atoms with van der Waals surface area (Å²) in [4.78, 5) is 17.6. The van der Waals surface area contributed by atoms with Crippen molar-refractivity contribution in [1.82, 2.24) is 9.88 Å². The summed E-state index contributed by atoms with van der Waals surface area (Å²) >= 11 is 0. The van der Waals surface area contributed by atoms with Gasteiger partial charge in [-0.25, -0.2) is 14.2 Å². The summed E-state index contributed by atoms with van der Waals surface area (Å²) in [7, 11) is 0. The maximum absolute atomic E-state index is 13.4. The molecule has 1 amide bonds. The van der Waals surface area contributed by atoms with Crippen LogP contribution in [0.25, 0.3) is 0 Å². The van der Waals surface area contributed by atoms with Crippen molar-refractivity contribution in [2.45, 2.75) is 32.8 Å². The zero-order chi connectivity index (χ0) is 15.5. The molecule has 0 aliphatic carbocycles. The zero-order valence-electron chi connectivity index (χ0n) is 12.7. The highest BCUT2D eigenvalue weighted by molar-refractivity contribution is 5.68. The fourth-order valence-electron chi connectivity index (χ4n) is 2.25. The Morgan fingerprint density at radius 3 is 3.00 bits per heavy atom. The van der Waals surface area contributed by atoms with Crippen LogP contribution in [-0.2, 0) is 4.74 Å². The fourth-order valence-corrected chi connectivity index (χ4v) is 2.25. The quantitative estimate of drug-likeness (QED) is 0.931. The van der Waals surface area contributed by atoms with E-state index < -0.39 is 5.60 Å². The van der Waals surface area contributed by atoms with Crippen molar-refractivity contribution in [1.29, 1.82) is 0 Å². The first-order chi connectivity index (χ1) is 9.85. The standard InChI is InChI=1S/C15H22FN3O2/c1-15(2,3)21-14(20)19-8-6-11(10-19)9-18-13-12(16)5-4-7-17-13/h4-5,7,11H,6,8-10H2,1-3H3,(H,17,18)/t11-/m1/s1. The van der Waals surface area contributed by atoms with Gasteiger partial charge in [0.1, 0.15) is 5.60 Å². The highest BCUT2D eigenvalue weighted by Crippen LogP contribution is 2.20. The van der Waals surface area contributed by atoms with Gasteiger partial charge in [-0.05, 0) is 45.2 Å². The van der Waals surface area contributed by atoms with Gasteiger partial charge in [-0.2, -0.15) is 0 Å². The van der Waals surface area contributed by atoms with Crippen molar-refractivity contribution in [3.05, 3.63) is 24.1 Å². The topological polar surface area (TPSA) is 54.5 Å². The predicted molar refractivity (Wildman–Crippen MR) is 78.6 cm³/mol. The molecular formula is C15H22FN3O2. The van der Waals surface area contributed by atoms with Gasteiger partial charge in [0.05, 0.1) is 0 Å². The molecule has 0 radical (unpaired) electrons. The highest BCUT2D eigenvalue weighted by atomic mass is 19.1. The first-order valence-electron chi connectivity index (χ1n) is 7.17. The number of halogens is 1. The van der Waals surface area contributed by atoms with Gasteiger partial charge >= 0.3 is 6.09 Å². The number of hydrogen-bond acceptors (Lipinski definition) is 4. The summed E-state index contributed by atoms with van der Waals surface area (Å²) in [5, 5.41) is 3.00. The van der Waals surface area contributed by atoms with Crippen LogP contribution in [0.1, 0.15) is 27.2 Å². The number of rotatable bonds is 3. The molecule has 116 valence electrons. The second-order valence-electron chi connectivity index (χ2n) is 6.30. The third kappa shape index (κ3) is 4.58. The SMILES string of the molecule is CC(C)(C)OC(=O)N1CC[C@H](CNc2ncccc2F)C1. The first kappa shape index (κ1) is 15.5. The monoisotopic (exact) mass is 295 g/mol. The molecule has 0 aromatic carbocycles. The lowest BCUT2D eigenvalue weighted by molar-refractivity contribution is 0.0289. The number of pyridine rings is 1. The molecule has 0 saturated carbocycles. The molecule has 0 unspecified atom stereocenters. The molecule has 21 heavy (non-hydrogen) atoms. The van der Waals surface area contributed by atoms with Crippen LogP contribution in [0.3, 0.4) is 0 Å². The van der Waals surface area contributed by atoms with Crippen molar-refractivity contribution in [2.24, 2.45) is 5.92 Å². The van der Waals surface area contributed by atoms with Crippen molar-refractivity contribution < 1.29 is 13.9 Å². The van der Waals surface area contributed by atoms with Crippen LogP contribution < -0.4 is 5.32 Å². The third-order valence-corrected chi connectivity index (χ3v) is 3.25. The Balaban J connectivity index is 1.80. The molecule has 5 nitrogen and oxygen atoms in total. The van der Waals surface area contributed by atoms with Gasteiger partial charge in [0.25, 0.3) is 0 Å². The number of carbonyl (C=O) groups is 1. The molecule has 1 N–H and O–H groups in total. The maximum atomic E-state index is 13.4. The Morgan fingerprint density at radius 2 is 2.33 bits per heavy atom. The molecule has 1 saturated heterocycles. The van der Waals surface area contributed by atoms with Gasteiger partial charge in [0.15, 0.2) is 11.6 Å². The summed E-state index contributed by atoms with van der Waals surface area (Å²) < 4.78 is 18.8. The minimum Gasteiger partial charge on any atom is -0.444 e. The predicted octanol–water partition coefficient (Wildman–Crippen LogP) is 2.89. The number of amides is 1. The number of aromatic nitrogens is 1. The molecule has 0 bridgehead atoms. The second kappa shape index (κ2) is 6.28. The number of nitrogens with zero attached hydrogens (tertiary/aromatic N) is 2. The number of hydrogen-bond donors (Lipinski definition) is 1. The summed E-state index contributed by atoms with van der Waals surface area (Å²) in [5.41, 5.74) is -0.482. The van der Waals surface area contributed by atoms with Crippen molar-refractivity contribution >= 4 is 11.9 Å². The Bertz CT molecular complexity index is 502. The van der Waals surface area contributed by atoms with E-state index in [1.54, 1.807) is 17.2 Å². The van der Waals surface area contributed by atoms with E-state index in [0.717, 1.165) is 6.42 Å². The van der Waals surface area contributed by atoms with Gasteiger partial charge in [-0.1, -0.05) is 0 Å². The van der Waals surface area contributed by atoms with Crippen LogP contribution in [-0.4, -0.2) is 41.2 Å². The Labute approximate surface area is 124 Å². The molecule has 1 aromatic heterocycles. The third-order valence-electron chi connectivity index (χ3n) is 3.25. The average Bonchev–Trinajstić information content (AvgIpc) is 2.85. The molecule has 1 aliphatic rings. The number of carbonyl (C=O) groups excluding carboxylic acids is 1. The van der Waals surface area contributed by atoms with Crippen LogP contribution in [0.15, 0.2) is 18.3 Å². The lowest BCUT2D eigenvalue weighted by Gasteiger charge is -2.24. The van der Waals surface area contributed by atoms with E-state index >= 15 is 0 Å². The summed E-state index contributed by atoms with van der Waals surface area (Å²) in [6.45, 7) is 7.44. The summed E-state index contributed by atoms with van der Waals surface area (Å²) in [6, 6.07) is 2.93. The molecule has 2 heterocycles. The van der Waals surface area contributed by atoms with E-state index in [1.807, 2.05) is 20.8 Å². The molecule has 1 aromatic rings.